The number of likely N-dealkylation sites (N-methyl/N-ethyl adjacent to an activating group) is 1. The third-order valence-electron chi connectivity index (χ3n) is 3.04. The van der Waals surface area contributed by atoms with Crippen molar-refractivity contribution >= 4 is 5.97 Å². The van der Waals surface area contributed by atoms with Crippen molar-refractivity contribution in [3.63, 3.8) is 0 Å². The van der Waals surface area contributed by atoms with E-state index in [1.807, 2.05) is 19.1 Å². The van der Waals surface area contributed by atoms with Crippen LogP contribution in [0.25, 0.3) is 0 Å². The molecule has 1 aromatic rings. The van der Waals surface area contributed by atoms with Gasteiger partial charge in [0.1, 0.15) is 24.7 Å². The Morgan fingerprint density at radius 3 is 2.33 bits per heavy atom. The van der Waals surface area contributed by atoms with Crippen LogP contribution in [0.15, 0.2) is 12.1 Å². The lowest BCUT2D eigenvalue weighted by Crippen LogP contribution is -3.06. The zero-order valence-corrected chi connectivity index (χ0v) is 14.5. The fourth-order valence-electron chi connectivity index (χ4n) is 1.88. The van der Waals surface area contributed by atoms with Crippen molar-refractivity contribution in [3.8, 4) is 11.5 Å². The van der Waals surface area contributed by atoms with E-state index in [2.05, 4.69) is 27.9 Å². The molecule has 0 fully saturated rings. The number of rotatable bonds is 6. The lowest BCUT2D eigenvalue weighted by molar-refractivity contribution is -0.858. The number of carbonyl (C=O) groups is 1. The van der Waals surface area contributed by atoms with Crippen LogP contribution in [0.2, 0.25) is 0 Å². The highest BCUT2D eigenvalue weighted by Crippen LogP contribution is 2.33. The van der Waals surface area contributed by atoms with Gasteiger partial charge in [-0.1, -0.05) is 13.8 Å². The zero-order valence-electron chi connectivity index (χ0n) is 13.7. The molecule has 0 spiro atoms. The molecule has 0 aliphatic rings. The van der Waals surface area contributed by atoms with E-state index in [1.165, 1.54) is 11.8 Å². The van der Waals surface area contributed by atoms with E-state index in [0.29, 0.717) is 18.3 Å². The molecule has 0 bridgehead atoms. The Bertz CT molecular complexity index is 473. The molecular formula is C16H26ClNO3. The summed E-state index contributed by atoms with van der Waals surface area (Å²) in [7, 11) is 4.20. The van der Waals surface area contributed by atoms with Gasteiger partial charge in [0.15, 0.2) is 0 Å². The molecule has 0 aliphatic carbocycles. The first-order chi connectivity index (χ1) is 9.31. The Kier molecular flexibility index (Phi) is 8.37. The minimum Gasteiger partial charge on any atom is -1.00 e. The molecule has 0 aromatic heterocycles. The van der Waals surface area contributed by atoms with E-state index in [9.17, 15) is 4.79 Å². The van der Waals surface area contributed by atoms with Crippen molar-refractivity contribution in [2.75, 3.05) is 27.2 Å². The van der Waals surface area contributed by atoms with E-state index in [0.717, 1.165) is 23.4 Å². The summed E-state index contributed by atoms with van der Waals surface area (Å²) in [6, 6.07) is 3.87. The second-order valence-corrected chi connectivity index (χ2v) is 5.71. The van der Waals surface area contributed by atoms with Crippen LogP contribution in [0.1, 0.15) is 37.8 Å². The number of halogens is 1. The molecule has 1 aromatic carbocycles. The molecule has 0 aliphatic heterocycles. The summed E-state index contributed by atoms with van der Waals surface area (Å²) in [5.74, 6) is 1.51. The van der Waals surface area contributed by atoms with Crippen molar-refractivity contribution in [1.29, 1.82) is 0 Å². The second-order valence-electron chi connectivity index (χ2n) is 5.71. The van der Waals surface area contributed by atoms with Gasteiger partial charge in [-0.3, -0.25) is 4.79 Å². The summed E-state index contributed by atoms with van der Waals surface area (Å²) in [5, 5.41) is 0. The van der Waals surface area contributed by atoms with Gasteiger partial charge in [-0.2, -0.15) is 0 Å². The van der Waals surface area contributed by atoms with Crippen molar-refractivity contribution in [2.24, 2.45) is 0 Å². The molecule has 0 saturated carbocycles. The van der Waals surface area contributed by atoms with Gasteiger partial charge in [-0.15, -0.1) is 0 Å². The Morgan fingerprint density at radius 2 is 1.86 bits per heavy atom. The van der Waals surface area contributed by atoms with Gasteiger partial charge in [0.05, 0.1) is 14.1 Å². The molecule has 4 nitrogen and oxygen atoms in total. The maximum Gasteiger partial charge on any atom is 0.308 e. The maximum atomic E-state index is 11.1. The zero-order chi connectivity index (χ0) is 15.3. The number of aryl methyl sites for hydroxylation is 1. The van der Waals surface area contributed by atoms with E-state index in [1.54, 1.807) is 0 Å². The summed E-state index contributed by atoms with van der Waals surface area (Å²) in [6.07, 6.45) is 0. The highest BCUT2D eigenvalue weighted by atomic mass is 35.5. The summed E-state index contributed by atoms with van der Waals surface area (Å²) >= 11 is 0. The van der Waals surface area contributed by atoms with Gasteiger partial charge in [-0.05, 0) is 30.5 Å². The molecule has 1 N–H and O–H groups in total. The fourth-order valence-corrected chi connectivity index (χ4v) is 1.88. The summed E-state index contributed by atoms with van der Waals surface area (Å²) in [6.45, 7) is 9.17. The van der Waals surface area contributed by atoms with Crippen LogP contribution in [0.4, 0.5) is 0 Å². The number of carbonyl (C=O) groups excluding carboxylic acids is 1. The average Bonchev–Trinajstić information content (AvgIpc) is 2.30. The molecule has 21 heavy (non-hydrogen) atoms. The standard InChI is InChI=1S/C16H25NO3.ClH/c1-11(2)14-10-15(20-13(4)18)12(3)9-16(14)19-8-7-17(5)6;/h9-11H,7-8H2,1-6H3;1H. The lowest BCUT2D eigenvalue weighted by Gasteiger charge is -2.17. The number of ether oxygens (including phenoxy) is 2. The SMILES string of the molecule is CC(=O)Oc1cc(C(C)C)c(OCC[NH+](C)C)cc1C.[Cl-]. The Labute approximate surface area is 133 Å². The minimum absolute atomic E-state index is 0. The van der Waals surface area contributed by atoms with Crippen molar-refractivity contribution in [3.05, 3.63) is 23.3 Å². The molecule has 0 heterocycles. The summed E-state index contributed by atoms with van der Waals surface area (Å²) in [5.41, 5.74) is 1.98. The molecule has 120 valence electrons. The molecular weight excluding hydrogens is 290 g/mol. The smallest absolute Gasteiger partial charge is 0.308 e. The third kappa shape index (κ3) is 6.36. The van der Waals surface area contributed by atoms with E-state index in [-0.39, 0.29) is 18.4 Å². The van der Waals surface area contributed by atoms with Crippen molar-refractivity contribution in [2.45, 2.75) is 33.6 Å². The Morgan fingerprint density at radius 1 is 1.24 bits per heavy atom. The van der Waals surface area contributed by atoms with Gasteiger partial charge in [-0.25, -0.2) is 0 Å². The number of hydrogen-bond donors (Lipinski definition) is 1. The van der Waals surface area contributed by atoms with Gasteiger partial charge in [0.2, 0.25) is 0 Å². The predicted molar refractivity (Wildman–Crippen MR) is 79.7 cm³/mol. The van der Waals surface area contributed by atoms with E-state index < -0.39 is 0 Å². The van der Waals surface area contributed by atoms with Gasteiger partial charge < -0.3 is 26.8 Å². The van der Waals surface area contributed by atoms with E-state index in [4.69, 9.17) is 9.47 Å². The molecule has 0 saturated heterocycles. The Hall–Kier alpha value is -1.26. The minimum atomic E-state index is -0.298. The predicted octanol–water partition coefficient (Wildman–Crippen LogP) is -1.43. The summed E-state index contributed by atoms with van der Waals surface area (Å²) < 4.78 is 11.1. The number of benzene rings is 1. The van der Waals surface area contributed by atoms with Crippen molar-refractivity contribution in [1.82, 2.24) is 0 Å². The highest BCUT2D eigenvalue weighted by Gasteiger charge is 2.14. The molecule has 0 unspecified atom stereocenters. The van der Waals surface area contributed by atoms with Crippen LogP contribution in [0.5, 0.6) is 11.5 Å². The molecule has 0 radical (unpaired) electrons. The van der Waals surface area contributed by atoms with Crippen LogP contribution in [-0.4, -0.2) is 33.2 Å². The first-order valence-corrected chi connectivity index (χ1v) is 7.06. The summed E-state index contributed by atoms with van der Waals surface area (Å²) in [4.78, 5) is 12.5. The molecule has 0 atom stereocenters. The first-order valence-electron chi connectivity index (χ1n) is 7.06. The normalized spacial score (nSPS) is 10.5. The number of esters is 1. The van der Waals surface area contributed by atoms with Gasteiger partial charge in [0, 0.05) is 12.5 Å². The third-order valence-corrected chi connectivity index (χ3v) is 3.04. The fraction of sp³-hybridized carbons (Fsp3) is 0.562. The number of nitrogens with one attached hydrogen (secondary N) is 1. The lowest BCUT2D eigenvalue weighted by atomic mass is 10.00. The van der Waals surface area contributed by atoms with Crippen molar-refractivity contribution < 1.29 is 31.6 Å². The van der Waals surface area contributed by atoms with Gasteiger partial charge in [0.25, 0.3) is 0 Å². The van der Waals surface area contributed by atoms with Crippen LogP contribution in [0, 0.1) is 6.92 Å². The molecule has 1 rings (SSSR count). The first kappa shape index (κ1) is 19.7. The largest absolute Gasteiger partial charge is 1.00 e. The number of quaternary nitrogens is 1. The quantitative estimate of drug-likeness (QED) is 0.517. The van der Waals surface area contributed by atoms with Crippen LogP contribution >= 0.6 is 0 Å². The topological polar surface area (TPSA) is 40.0 Å². The number of hydrogen-bond acceptors (Lipinski definition) is 3. The Balaban J connectivity index is 0.00000400. The monoisotopic (exact) mass is 315 g/mol. The average molecular weight is 316 g/mol. The van der Waals surface area contributed by atoms with Crippen LogP contribution < -0.4 is 26.8 Å². The second kappa shape index (κ2) is 8.90. The molecule has 0 amide bonds. The van der Waals surface area contributed by atoms with Gasteiger partial charge >= 0.3 is 5.97 Å². The molecule has 5 heteroatoms. The van der Waals surface area contributed by atoms with Crippen LogP contribution in [-0.2, 0) is 4.79 Å². The van der Waals surface area contributed by atoms with E-state index >= 15 is 0 Å². The van der Waals surface area contributed by atoms with Crippen LogP contribution in [0.3, 0.4) is 0 Å². The maximum absolute atomic E-state index is 11.1. The highest BCUT2D eigenvalue weighted by molar-refractivity contribution is 5.70.